The number of pyridine rings is 1. The van der Waals surface area contributed by atoms with Crippen LogP contribution >= 0.6 is 0 Å². The maximum Gasteiger partial charge on any atom is 0.145 e. The summed E-state index contributed by atoms with van der Waals surface area (Å²) in [7, 11) is 1.69. The van der Waals surface area contributed by atoms with Crippen LogP contribution in [0.3, 0.4) is 0 Å². The van der Waals surface area contributed by atoms with E-state index in [1.54, 1.807) is 7.11 Å². The van der Waals surface area contributed by atoms with Gasteiger partial charge in [-0.15, -0.1) is 0 Å². The molecule has 16 heavy (non-hydrogen) atoms. The van der Waals surface area contributed by atoms with Crippen LogP contribution in [0.15, 0.2) is 18.2 Å². The van der Waals surface area contributed by atoms with E-state index in [1.807, 2.05) is 6.07 Å². The Bertz CT molecular complexity index is 532. The van der Waals surface area contributed by atoms with Gasteiger partial charge in [0.15, 0.2) is 0 Å². The first-order valence-corrected chi connectivity index (χ1v) is 5.60. The standard InChI is InChI=1S/C14H17NO/c1-5-11-8-12-6-9(2)7-13(16-4)14(12)15-10(11)3/h6-8H,5H2,1-4H3. The van der Waals surface area contributed by atoms with Crippen LogP contribution in [-0.2, 0) is 6.42 Å². The van der Waals surface area contributed by atoms with Crippen molar-refractivity contribution in [2.75, 3.05) is 7.11 Å². The smallest absolute Gasteiger partial charge is 0.145 e. The van der Waals surface area contributed by atoms with Crippen molar-refractivity contribution in [3.63, 3.8) is 0 Å². The summed E-state index contributed by atoms with van der Waals surface area (Å²) in [6, 6.07) is 6.40. The Morgan fingerprint density at radius 3 is 2.56 bits per heavy atom. The van der Waals surface area contributed by atoms with Crippen LogP contribution in [0.1, 0.15) is 23.7 Å². The predicted octanol–water partition coefficient (Wildman–Crippen LogP) is 3.42. The quantitative estimate of drug-likeness (QED) is 0.765. The van der Waals surface area contributed by atoms with Crippen LogP contribution < -0.4 is 4.74 Å². The van der Waals surface area contributed by atoms with Crippen LogP contribution in [0, 0.1) is 13.8 Å². The number of hydrogen-bond acceptors (Lipinski definition) is 2. The highest BCUT2D eigenvalue weighted by molar-refractivity contribution is 5.86. The lowest BCUT2D eigenvalue weighted by molar-refractivity contribution is 0.418. The zero-order chi connectivity index (χ0) is 11.7. The molecule has 0 atom stereocenters. The van der Waals surface area contributed by atoms with E-state index >= 15 is 0 Å². The number of methoxy groups -OCH3 is 1. The van der Waals surface area contributed by atoms with Crippen molar-refractivity contribution >= 4 is 10.9 Å². The van der Waals surface area contributed by atoms with Gasteiger partial charge in [0.1, 0.15) is 11.3 Å². The Hall–Kier alpha value is -1.57. The first-order valence-electron chi connectivity index (χ1n) is 5.60. The summed E-state index contributed by atoms with van der Waals surface area (Å²) < 4.78 is 5.37. The van der Waals surface area contributed by atoms with Gasteiger partial charge in [-0.25, -0.2) is 4.98 Å². The summed E-state index contributed by atoms with van der Waals surface area (Å²) in [4.78, 5) is 4.63. The Kier molecular flexibility index (Phi) is 2.82. The third kappa shape index (κ3) is 1.75. The summed E-state index contributed by atoms with van der Waals surface area (Å²) in [5, 5.41) is 1.17. The van der Waals surface area contributed by atoms with Crippen LogP contribution in [-0.4, -0.2) is 12.1 Å². The topological polar surface area (TPSA) is 22.1 Å². The minimum atomic E-state index is 0.862. The molecule has 2 heteroatoms. The maximum atomic E-state index is 5.37. The highest BCUT2D eigenvalue weighted by Gasteiger charge is 2.07. The summed E-state index contributed by atoms with van der Waals surface area (Å²) in [6.07, 6.45) is 1.02. The number of aromatic nitrogens is 1. The number of hydrogen-bond donors (Lipinski definition) is 0. The average molecular weight is 215 g/mol. The second kappa shape index (κ2) is 4.12. The molecule has 0 N–H and O–H groups in total. The molecule has 0 radical (unpaired) electrons. The van der Waals surface area contributed by atoms with E-state index in [0.29, 0.717) is 0 Å². The Balaban J connectivity index is 2.79. The molecule has 1 aromatic heterocycles. The first-order chi connectivity index (χ1) is 7.65. The van der Waals surface area contributed by atoms with E-state index < -0.39 is 0 Å². The molecule has 0 saturated heterocycles. The van der Waals surface area contributed by atoms with E-state index in [2.05, 4.69) is 37.9 Å². The Labute approximate surface area is 96.3 Å². The van der Waals surface area contributed by atoms with Crippen molar-refractivity contribution < 1.29 is 4.74 Å². The summed E-state index contributed by atoms with van der Waals surface area (Å²) in [6.45, 7) is 6.29. The van der Waals surface area contributed by atoms with Gasteiger partial charge >= 0.3 is 0 Å². The van der Waals surface area contributed by atoms with Crippen molar-refractivity contribution in [1.29, 1.82) is 0 Å². The van der Waals surface area contributed by atoms with Gasteiger partial charge in [-0.3, -0.25) is 0 Å². The van der Waals surface area contributed by atoms with Crippen molar-refractivity contribution in [3.05, 3.63) is 35.0 Å². The van der Waals surface area contributed by atoms with Gasteiger partial charge in [-0.2, -0.15) is 0 Å². The molecule has 0 fully saturated rings. The van der Waals surface area contributed by atoms with Gasteiger partial charge in [-0.1, -0.05) is 6.92 Å². The fourth-order valence-corrected chi connectivity index (χ4v) is 2.05. The molecule has 0 aliphatic rings. The van der Waals surface area contributed by atoms with Gasteiger partial charge in [0.25, 0.3) is 0 Å². The molecule has 0 amide bonds. The molecular formula is C14H17NO. The number of nitrogens with zero attached hydrogens (tertiary/aromatic N) is 1. The minimum absolute atomic E-state index is 0.862. The third-order valence-electron chi connectivity index (χ3n) is 2.92. The Morgan fingerprint density at radius 2 is 1.94 bits per heavy atom. The number of benzene rings is 1. The zero-order valence-electron chi connectivity index (χ0n) is 10.3. The molecule has 2 rings (SSSR count). The molecule has 0 unspecified atom stereocenters. The normalized spacial score (nSPS) is 10.8. The largest absolute Gasteiger partial charge is 0.494 e. The van der Waals surface area contributed by atoms with Crippen molar-refractivity contribution in [2.45, 2.75) is 27.2 Å². The van der Waals surface area contributed by atoms with E-state index in [4.69, 9.17) is 4.74 Å². The predicted molar refractivity (Wildman–Crippen MR) is 67.1 cm³/mol. The molecule has 1 aromatic carbocycles. The number of rotatable bonds is 2. The maximum absolute atomic E-state index is 5.37. The molecular weight excluding hydrogens is 198 g/mol. The minimum Gasteiger partial charge on any atom is -0.494 e. The number of ether oxygens (including phenoxy) is 1. The molecule has 1 heterocycles. The number of aryl methyl sites for hydroxylation is 3. The number of fused-ring (bicyclic) bond motifs is 1. The second-order valence-electron chi connectivity index (χ2n) is 4.13. The van der Waals surface area contributed by atoms with E-state index in [1.165, 1.54) is 16.5 Å². The molecule has 0 aliphatic carbocycles. The fourth-order valence-electron chi connectivity index (χ4n) is 2.05. The van der Waals surface area contributed by atoms with E-state index in [0.717, 1.165) is 23.4 Å². The SMILES string of the molecule is CCc1cc2cc(C)cc(OC)c2nc1C. The van der Waals surface area contributed by atoms with Crippen LogP contribution in [0.25, 0.3) is 10.9 Å². The fraction of sp³-hybridized carbons (Fsp3) is 0.357. The van der Waals surface area contributed by atoms with E-state index in [-0.39, 0.29) is 0 Å². The van der Waals surface area contributed by atoms with Crippen LogP contribution in [0.5, 0.6) is 5.75 Å². The van der Waals surface area contributed by atoms with Crippen molar-refractivity contribution in [1.82, 2.24) is 4.98 Å². The molecule has 0 aliphatic heterocycles. The molecule has 0 bridgehead atoms. The first kappa shape index (κ1) is 10.9. The van der Waals surface area contributed by atoms with Crippen molar-refractivity contribution in [3.8, 4) is 5.75 Å². The van der Waals surface area contributed by atoms with E-state index in [9.17, 15) is 0 Å². The zero-order valence-corrected chi connectivity index (χ0v) is 10.3. The molecule has 84 valence electrons. The molecule has 0 saturated carbocycles. The third-order valence-corrected chi connectivity index (χ3v) is 2.92. The van der Waals surface area contributed by atoms with Gasteiger partial charge in [-0.05, 0) is 49.6 Å². The summed E-state index contributed by atoms with van der Waals surface area (Å²) >= 11 is 0. The molecule has 0 spiro atoms. The van der Waals surface area contributed by atoms with Gasteiger partial charge in [0, 0.05) is 11.1 Å². The monoisotopic (exact) mass is 215 g/mol. The lowest BCUT2D eigenvalue weighted by Crippen LogP contribution is -1.95. The highest BCUT2D eigenvalue weighted by Crippen LogP contribution is 2.27. The Morgan fingerprint density at radius 1 is 1.19 bits per heavy atom. The lowest BCUT2D eigenvalue weighted by atomic mass is 10.1. The lowest BCUT2D eigenvalue weighted by Gasteiger charge is -2.10. The molecule has 2 nitrogen and oxygen atoms in total. The van der Waals surface area contributed by atoms with Gasteiger partial charge in [0.05, 0.1) is 7.11 Å². The summed E-state index contributed by atoms with van der Waals surface area (Å²) in [5.74, 6) is 0.862. The van der Waals surface area contributed by atoms with Crippen LogP contribution in [0.4, 0.5) is 0 Å². The second-order valence-corrected chi connectivity index (χ2v) is 4.13. The van der Waals surface area contributed by atoms with Gasteiger partial charge < -0.3 is 4.74 Å². The van der Waals surface area contributed by atoms with Gasteiger partial charge in [0.2, 0.25) is 0 Å². The highest BCUT2D eigenvalue weighted by atomic mass is 16.5. The summed E-state index contributed by atoms with van der Waals surface area (Å²) in [5.41, 5.74) is 4.57. The van der Waals surface area contributed by atoms with Crippen LogP contribution in [0.2, 0.25) is 0 Å². The molecule has 2 aromatic rings. The van der Waals surface area contributed by atoms with Crippen molar-refractivity contribution in [2.24, 2.45) is 0 Å². The average Bonchev–Trinajstić information content (AvgIpc) is 2.28.